The summed E-state index contributed by atoms with van der Waals surface area (Å²) in [6, 6.07) is 15.0. The minimum atomic E-state index is -0.501. The van der Waals surface area contributed by atoms with E-state index in [1.165, 1.54) is 6.20 Å². The molecule has 0 aliphatic carbocycles. The smallest absolute Gasteiger partial charge is 0.410 e. The van der Waals surface area contributed by atoms with Crippen LogP contribution in [0.25, 0.3) is 0 Å². The van der Waals surface area contributed by atoms with Gasteiger partial charge in [0.25, 0.3) is 5.91 Å². The van der Waals surface area contributed by atoms with Crippen LogP contribution in [0.15, 0.2) is 67.1 Å². The first kappa shape index (κ1) is 27.1. The lowest BCUT2D eigenvalue weighted by molar-refractivity contribution is 0.000551. The molecule has 0 radical (unpaired) electrons. The van der Waals surface area contributed by atoms with Crippen molar-refractivity contribution in [3.05, 3.63) is 78.2 Å². The van der Waals surface area contributed by atoms with Gasteiger partial charge in [0.2, 0.25) is 5.88 Å². The van der Waals surface area contributed by atoms with Crippen molar-refractivity contribution in [3.8, 4) is 11.6 Å². The summed E-state index contributed by atoms with van der Waals surface area (Å²) in [6.45, 7) is 10.6. The quantitative estimate of drug-likeness (QED) is 0.455. The van der Waals surface area contributed by atoms with Crippen molar-refractivity contribution in [3.63, 3.8) is 0 Å². The summed E-state index contributed by atoms with van der Waals surface area (Å²) in [6.07, 6.45) is 4.52. The summed E-state index contributed by atoms with van der Waals surface area (Å²) < 4.78 is 11.2. The lowest BCUT2D eigenvalue weighted by Crippen LogP contribution is -2.54. The van der Waals surface area contributed by atoms with E-state index in [-0.39, 0.29) is 18.0 Å². The van der Waals surface area contributed by atoms with Gasteiger partial charge >= 0.3 is 6.09 Å². The Morgan fingerprint density at radius 2 is 1.82 bits per heavy atom. The first-order chi connectivity index (χ1) is 18.1. The second-order valence-corrected chi connectivity index (χ2v) is 10.5. The summed E-state index contributed by atoms with van der Waals surface area (Å²) >= 11 is 0. The molecule has 2 amide bonds. The van der Waals surface area contributed by atoms with Gasteiger partial charge in [-0.3, -0.25) is 14.7 Å². The molecule has 200 valence electrons. The molecule has 3 heterocycles. The number of anilines is 1. The summed E-state index contributed by atoms with van der Waals surface area (Å²) in [5.74, 6) is 0.809. The molecule has 0 unspecified atom stereocenters. The van der Waals surface area contributed by atoms with E-state index in [2.05, 4.69) is 14.9 Å². The van der Waals surface area contributed by atoms with Gasteiger partial charge in [0, 0.05) is 63.4 Å². The van der Waals surface area contributed by atoms with Crippen LogP contribution in [0.1, 0.15) is 43.6 Å². The molecule has 1 atom stereocenters. The van der Waals surface area contributed by atoms with Crippen molar-refractivity contribution in [2.24, 2.45) is 0 Å². The molecule has 3 aromatic rings. The zero-order chi connectivity index (χ0) is 27.3. The SMILES string of the molecule is C[C@H]1CN(Cc2ccc(N(C)C(=O)c3ccc(Oc4cccnc4)nc3)cc2)CCN1C(=O)OC(C)(C)C. The number of ether oxygens (including phenoxy) is 2. The van der Waals surface area contributed by atoms with E-state index in [9.17, 15) is 9.59 Å². The van der Waals surface area contributed by atoms with Gasteiger partial charge in [0.15, 0.2) is 0 Å². The highest BCUT2D eigenvalue weighted by molar-refractivity contribution is 6.05. The average Bonchev–Trinajstić information content (AvgIpc) is 2.88. The van der Waals surface area contributed by atoms with Crippen molar-refractivity contribution in [1.82, 2.24) is 19.8 Å². The molecular weight excluding hydrogens is 482 g/mol. The molecule has 1 fully saturated rings. The third-order valence-corrected chi connectivity index (χ3v) is 6.21. The fraction of sp³-hybridized carbons (Fsp3) is 0.379. The van der Waals surface area contributed by atoms with Gasteiger partial charge < -0.3 is 19.3 Å². The molecule has 9 nitrogen and oxygen atoms in total. The molecule has 0 saturated carbocycles. The van der Waals surface area contributed by atoms with E-state index < -0.39 is 5.60 Å². The lowest BCUT2D eigenvalue weighted by Gasteiger charge is -2.40. The second kappa shape index (κ2) is 11.6. The largest absolute Gasteiger partial charge is 0.444 e. The molecule has 38 heavy (non-hydrogen) atoms. The number of piperazine rings is 1. The van der Waals surface area contributed by atoms with Crippen LogP contribution in [-0.4, -0.2) is 70.1 Å². The van der Waals surface area contributed by atoms with Crippen LogP contribution in [0.5, 0.6) is 11.6 Å². The van der Waals surface area contributed by atoms with Crippen molar-refractivity contribution in [1.29, 1.82) is 0 Å². The van der Waals surface area contributed by atoms with E-state index >= 15 is 0 Å². The van der Waals surface area contributed by atoms with Crippen molar-refractivity contribution in [2.75, 3.05) is 31.6 Å². The Kier molecular flexibility index (Phi) is 8.26. The molecule has 0 N–H and O–H groups in total. The van der Waals surface area contributed by atoms with E-state index in [1.54, 1.807) is 53.5 Å². The third-order valence-electron chi connectivity index (χ3n) is 6.21. The molecule has 4 rings (SSSR count). The minimum Gasteiger partial charge on any atom is -0.444 e. The Morgan fingerprint density at radius 1 is 1.05 bits per heavy atom. The van der Waals surface area contributed by atoms with Gasteiger partial charge in [-0.25, -0.2) is 9.78 Å². The van der Waals surface area contributed by atoms with Gasteiger partial charge in [-0.15, -0.1) is 0 Å². The van der Waals surface area contributed by atoms with Gasteiger partial charge in [0.05, 0.1) is 11.8 Å². The van der Waals surface area contributed by atoms with Crippen LogP contribution in [-0.2, 0) is 11.3 Å². The molecule has 1 aliphatic heterocycles. The summed E-state index contributed by atoms with van der Waals surface area (Å²) in [5.41, 5.74) is 1.90. The molecule has 2 aromatic heterocycles. The van der Waals surface area contributed by atoms with Crippen LogP contribution < -0.4 is 9.64 Å². The Bertz CT molecular complexity index is 1230. The zero-order valence-corrected chi connectivity index (χ0v) is 22.6. The maximum absolute atomic E-state index is 13.0. The fourth-order valence-electron chi connectivity index (χ4n) is 4.26. The number of hydrogen-bond acceptors (Lipinski definition) is 7. The van der Waals surface area contributed by atoms with Crippen molar-refractivity contribution in [2.45, 2.75) is 45.9 Å². The fourth-order valence-corrected chi connectivity index (χ4v) is 4.26. The molecule has 9 heteroatoms. The molecular formula is C29H35N5O4. The number of carbonyl (C=O) groups excluding carboxylic acids is 2. The minimum absolute atomic E-state index is 0.0661. The number of hydrogen-bond donors (Lipinski definition) is 0. The van der Waals surface area contributed by atoms with Gasteiger partial charge in [-0.2, -0.15) is 0 Å². The van der Waals surface area contributed by atoms with E-state index in [0.29, 0.717) is 23.7 Å². The highest BCUT2D eigenvalue weighted by Gasteiger charge is 2.30. The Balaban J connectivity index is 1.31. The number of rotatable bonds is 6. The molecule has 1 aromatic carbocycles. The van der Waals surface area contributed by atoms with Gasteiger partial charge in [0.1, 0.15) is 11.4 Å². The normalized spacial score (nSPS) is 16.1. The zero-order valence-electron chi connectivity index (χ0n) is 22.6. The second-order valence-electron chi connectivity index (χ2n) is 10.5. The summed E-state index contributed by atoms with van der Waals surface area (Å²) in [7, 11) is 1.75. The Hall–Kier alpha value is -3.98. The maximum Gasteiger partial charge on any atom is 0.410 e. The van der Waals surface area contributed by atoms with Crippen molar-refractivity contribution < 1.29 is 19.1 Å². The molecule has 0 bridgehead atoms. The summed E-state index contributed by atoms with van der Waals surface area (Å²) in [4.78, 5) is 39.5. The van der Waals surface area contributed by atoms with Crippen LogP contribution in [0.4, 0.5) is 10.5 Å². The monoisotopic (exact) mass is 517 g/mol. The first-order valence-corrected chi connectivity index (χ1v) is 12.7. The number of nitrogens with zero attached hydrogens (tertiary/aromatic N) is 5. The number of carbonyl (C=O) groups is 2. The molecule has 1 aliphatic rings. The third kappa shape index (κ3) is 7.07. The van der Waals surface area contributed by atoms with Crippen LogP contribution >= 0.6 is 0 Å². The van der Waals surface area contributed by atoms with E-state index in [1.807, 2.05) is 52.0 Å². The van der Waals surface area contributed by atoms with E-state index in [0.717, 1.165) is 30.9 Å². The number of aromatic nitrogens is 2. The first-order valence-electron chi connectivity index (χ1n) is 12.7. The molecule has 1 saturated heterocycles. The topological polar surface area (TPSA) is 88.1 Å². The summed E-state index contributed by atoms with van der Waals surface area (Å²) in [5, 5.41) is 0. The van der Waals surface area contributed by atoms with E-state index in [4.69, 9.17) is 9.47 Å². The number of pyridine rings is 2. The standard InChI is InChI=1S/C29H35N5O4/c1-21-19-33(15-16-34(21)28(36)38-29(2,3)4)20-22-8-11-24(12-9-22)32(5)27(35)23-10-13-26(31-17-23)37-25-7-6-14-30-18-25/h6-14,17-18,21H,15-16,19-20H2,1-5H3/t21-/m0/s1. The Morgan fingerprint density at radius 3 is 2.42 bits per heavy atom. The number of benzene rings is 1. The highest BCUT2D eigenvalue weighted by atomic mass is 16.6. The Labute approximate surface area is 224 Å². The predicted octanol–water partition coefficient (Wildman–Crippen LogP) is 4.99. The maximum atomic E-state index is 13.0. The average molecular weight is 518 g/mol. The van der Waals surface area contributed by atoms with Crippen LogP contribution in [0.2, 0.25) is 0 Å². The van der Waals surface area contributed by atoms with Crippen LogP contribution in [0.3, 0.4) is 0 Å². The molecule has 0 spiro atoms. The van der Waals surface area contributed by atoms with Crippen LogP contribution in [0, 0.1) is 0 Å². The number of amides is 2. The van der Waals surface area contributed by atoms with Gasteiger partial charge in [-0.05, 0) is 63.6 Å². The van der Waals surface area contributed by atoms with Gasteiger partial charge in [-0.1, -0.05) is 12.1 Å². The van der Waals surface area contributed by atoms with Crippen molar-refractivity contribution >= 4 is 17.7 Å². The lowest BCUT2D eigenvalue weighted by atomic mass is 10.1. The predicted molar refractivity (Wildman–Crippen MR) is 145 cm³/mol. The highest BCUT2D eigenvalue weighted by Crippen LogP contribution is 2.22.